The number of carbonyl (C=O) groups excluding carboxylic acids is 1. The van der Waals surface area contributed by atoms with Gasteiger partial charge in [-0.2, -0.15) is 0 Å². The Balaban J connectivity index is 2.16. The molecule has 0 aromatic carbocycles. The molecule has 2 atom stereocenters. The van der Waals surface area contributed by atoms with Gasteiger partial charge in [-0.3, -0.25) is 0 Å². The van der Waals surface area contributed by atoms with Crippen molar-refractivity contribution in [2.24, 2.45) is 0 Å². The summed E-state index contributed by atoms with van der Waals surface area (Å²) in [4.78, 5) is 11.7. The molecule has 0 spiro atoms. The van der Waals surface area contributed by atoms with Gasteiger partial charge < -0.3 is 14.6 Å². The molecule has 1 fully saturated rings. The number of unbranched alkanes of at least 4 members (excludes halogenated alkanes) is 8. The summed E-state index contributed by atoms with van der Waals surface area (Å²) >= 11 is 0. The molecule has 1 saturated heterocycles. The van der Waals surface area contributed by atoms with E-state index in [1.807, 2.05) is 6.08 Å². The third-order valence-electron chi connectivity index (χ3n) is 4.20. The van der Waals surface area contributed by atoms with Gasteiger partial charge in [0.05, 0.1) is 5.57 Å². The molecule has 0 unspecified atom stereocenters. The van der Waals surface area contributed by atoms with E-state index in [0.717, 1.165) is 25.7 Å². The monoisotopic (exact) mass is 310 g/mol. The first kappa shape index (κ1) is 18.9. The Morgan fingerprint density at radius 3 is 2.23 bits per heavy atom. The fraction of sp³-hybridized carbons (Fsp3) is 0.722. The highest BCUT2D eigenvalue weighted by Gasteiger charge is 2.48. The van der Waals surface area contributed by atoms with Crippen LogP contribution < -0.4 is 0 Å². The number of hydrogen-bond donors (Lipinski definition) is 1. The summed E-state index contributed by atoms with van der Waals surface area (Å²) in [5.41, 5.74) is 0.328. The van der Waals surface area contributed by atoms with Crippen LogP contribution in [-0.2, 0) is 14.3 Å². The number of esters is 1. The fourth-order valence-electron chi connectivity index (χ4n) is 2.62. The SMILES string of the molecule is C=CCCCCCCCCCC=C1C(=O)O[C@](C)(OC)[C@@H]1O. The van der Waals surface area contributed by atoms with Gasteiger partial charge in [-0.25, -0.2) is 4.79 Å². The van der Waals surface area contributed by atoms with Crippen LogP contribution in [0.4, 0.5) is 0 Å². The summed E-state index contributed by atoms with van der Waals surface area (Å²) in [5, 5.41) is 10.1. The summed E-state index contributed by atoms with van der Waals surface area (Å²) in [6.07, 6.45) is 13.1. The highest BCUT2D eigenvalue weighted by atomic mass is 16.7. The molecular formula is C18H30O4. The van der Waals surface area contributed by atoms with Crippen LogP contribution >= 0.6 is 0 Å². The normalized spacial score (nSPS) is 26.4. The van der Waals surface area contributed by atoms with Crippen molar-refractivity contribution < 1.29 is 19.4 Å². The minimum absolute atomic E-state index is 0.328. The van der Waals surface area contributed by atoms with Crippen molar-refractivity contribution in [3.8, 4) is 0 Å². The number of rotatable bonds is 11. The van der Waals surface area contributed by atoms with E-state index in [9.17, 15) is 9.90 Å². The molecule has 4 heteroatoms. The Morgan fingerprint density at radius 1 is 1.18 bits per heavy atom. The molecule has 0 amide bonds. The quantitative estimate of drug-likeness (QED) is 0.272. The lowest BCUT2D eigenvalue weighted by molar-refractivity contribution is -0.218. The van der Waals surface area contributed by atoms with E-state index in [1.54, 1.807) is 13.0 Å². The van der Waals surface area contributed by atoms with Crippen LogP contribution in [0.2, 0.25) is 0 Å². The summed E-state index contributed by atoms with van der Waals surface area (Å²) in [5.74, 6) is -1.71. The maximum absolute atomic E-state index is 11.7. The lowest BCUT2D eigenvalue weighted by Gasteiger charge is -2.23. The fourth-order valence-corrected chi connectivity index (χ4v) is 2.62. The number of aliphatic hydroxyl groups excluding tert-OH is 1. The number of aliphatic hydroxyl groups is 1. The molecule has 1 rings (SSSR count). The highest BCUT2D eigenvalue weighted by molar-refractivity contribution is 5.92. The average Bonchev–Trinajstić information content (AvgIpc) is 2.72. The van der Waals surface area contributed by atoms with Gasteiger partial charge in [0.1, 0.15) is 0 Å². The summed E-state index contributed by atoms with van der Waals surface area (Å²) in [6.45, 7) is 5.29. The molecule has 0 radical (unpaired) electrons. The molecule has 0 bridgehead atoms. The number of methoxy groups -OCH3 is 1. The van der Waals surface area contributed by atoms with Crippen molar-refractivity contribution >= 4 is 5.97 Å². The van der Waals surface area contributed by atoms with Gasteiger partial charge in [0.15, 0.2) is 6.10 Å². The molecule has 126 valence electrons. The summed E-state index contributed by atoms with van der Waals surface area (Å²) < 4.78 is 10.1. The molecule has 0 aromatic heterocycles. The van der Waals surface area contributed by atoms with Crippen LogP contribution in [0, 0.1) is 0 Å². The van der Waals surface area contributed by atoms with Crippen molar-refractivity contribution in [2.45, 2.75) is 76.6 Å². The topological polar surface area (TPSA) is 55.8 Å². The predicted octanol–water partition coefficient (Wildman–Crippen LogP) is 3.89. The Morgan fingerprint density at radius 2 is 1.73 bits per heavy atom. The van der Waals surface area contributed by atoms with Gasteiger partial charge in [0.25, 0.3) is 0 Å². The molecule has 0 aromatic rings. The van der Waals surface area contributed by atoms with Gasteiger partial charge in [-0.1, -0.05) is 44.3 Å². The van der Waals surface area contributed by atoms with Gasteiger partial charge in [0.2, 0.25) is 5.79 Å². The lowest BCUT2D eigenvalue weighted by Crippen LogP contribution is -2.38. The number of allylic oxidation sites excluding steroid dienone is 2. The first-order valence-electron chi connectivity index (χ1n) is 8.32. The van der Waals surface area contributed by atoms with Crippen LogP contribution in [0.25, 0.3) is 0 Å². The van der Waals surface area contributed by atoms with E-state index >= 15 is 0 Å². The van der Waals surface area contributed by atoms with E-state index in [4.69, 9.17) is 9.47 Å². The van der Waals surface area contributed by atoms with Crippen molar-refractivity contribution in [3.05, 3.63) is 24.3 Å². The summed E-state index contributed by atoms with van der Waals surface area (Å²) in [6, 6.07) is 0. The minimum atomic E-state index is -1.24. The number of ether oxygens (including phenoxy) is 2. The highest BCUT2D eigenvalue weighted by Crippen LogP contribution is 2.31. The van der Waals surface area contributed by atoms with Crippen molar-refractivity contribution in [1.82, 2.24) is 0 Å². The second-order valence-electron chi connectivity index (χ2n) is 6.01. The van der Waals surface area contributed by atoms with Crippen LogP contribution in [0.15, 0.2) is 24.3 Å². The smallest absolute Gasteiger partial charge is 0.339 e. The zero-order valence-electron chi connectivity index (χ0n) is 14.0. The van der Waals surface area contributed by atoms with E-state index in [2.05, 4.69) is 6.58 Å². The largest absolute Gasteiger partial charge is 0.427 e. The second-order valence-corrected chi connectivity index (χ2v) is 6.01. The number of hydrogen-bond acceptors (Lipinski definition) is 4. The first-order chi connectivity index (χ1) is 10.5. The van der Waals surface area contributed by atoms with Crippen LogP contribution in [-0.4, -0.2) is 30.1 Å². The minimum Gasteiger partial charge on any atom is -0.427 e. The molecule has 1 heterocycles. The molecule has 0 saturated carbocycles. The molecule has 1 aliphatic rings. The molecule has 0 aliphatic carbocycles. The van der Waals surface area contributed by atoms with Crippen LogP contribution in [0.1, 0.15) is 64.7 Å². The Labute approximate surface area is 134 Å². The summed E-state index contributed by atoms with van der Waals surface area (Å²) in [7, 11) is 1.43. The Hall–Kier alpha value is -1.13. The Bertz CT molecular complexity index is 389. The maximum atomic E-state index is 11.7. The number of carbonyl (C=O) groups is 1. The van der Waals surface area contributed by atoms with E-state index in [-0.39, 0.29) is 0 Å². The average molecular weight is 310 g/mol. The van der Waals surface area contributed by atoms with Crippen LogP contribution in [0.5, 0.6) is 0 Å². The van der Waals surface area contributed by atoms with Gasteiger partial charge in [0, 0.05) is 14.0 Å². The van der Waals surface area contributed by atoms with Crippen LogP contribution in [0.3, 0.4) is 0 Å². The van der Waals surface area contributed by atoms with Crippen molar-refractivity contribution in [2.75, 3.05) is 7.11 Å². The lowest BCUT2D eigenvalue weighted by atomic mass is 10.0. The maximum Gasteiger partial charge on any atom is 0.339 e. The molecule has 1 aliphatic heterocycles. The van der Waals surface area contributed by atoms with Crippen molar-refractivity contribution in [1.29, 1.82) is 0 Å². The number of cyclic esters (lactones) is 1. The first-order valence-corrected chi connectivity index (χ1v) is 8.32. The standard InChI is InChI=1S/C18H30O4/c1-4-5-6-7-8-9-10-11-12-13-14-15-16(19)18(2,21-3)22-17(15)20/h4,14,16,19H,1,5-13H2,2-3H3/t16-,18+/m1/s1. The zero-order valence-corrected chi connectivity index (χ0v) is 14.0. The molecular weight excluding hydrogens is 280 g/mol. The zero-order chi connectivity index (χ0) is 16.4. The van der Waals surface area contributed by atoms with E-state index in [0.29, 0.717) is 5.57 Å². The van der Waals surface area contributed by atoms with Gasteiger partial charge in [-0.05, 0) is 25.7 Å². The third kappa shape index (κ3) is 5.58. The second kappa shape index (κ2) is 9.80. The van der Waals surface area contributed by atoms with Gasteiger partial charge >= 0.3 is 5.97 Å². The van der Waals surface area contributed by atoms with E-state index in [1.165, 1.54) is 39.2 Å². The third-order valence-corrected chi connectivity index (χ3v) is 4.20. The van der Waals surface area contributed by atoms with Gasteiger partial charge in [-0.15, -0.1) is 6.58 Å². The van der Waals surface area contributed by atoms with E-state index < -0.39 is 17.9 Å². The molecule has 4 nitrogen and oxygen atoms in total. The predicted molar refractivity (Wildman–Crippen MR) is 87.3 cm³/mol. The Kier molecular flexibility index (Phi) is 8.43. The van der Waals surface area contributed by atoms with Crippen molar-refractivity contribution in [3.63, 3.8) is 0 Å². The molecule has 1 N–H and O–H groups in total. The molecule has 22 heavy (non-hydrogen) atoms.